The molecule has 0 bridgehead atoms. The Balaban J connectivity index is 2.40. The second-order valence-corrected chi connectivity index (χ2v) is 13.7. The highest BCUT2D eigenvalue weighted by Gasteiger charge is 2.37. The maximum atomic E-state index is 12.9. The lowest BCUT2D eigenvalue weighted by Gasteiger charge is -2.35. The van der Waals surface area contributed by atoms with Gasteiger partial charge >= 0.3 is 0 Å². The van der Waals surface area contributed by atoms with Gasteiger partial charge in [-0.05, 0) is 31.9 Å². The van der Waals surface area contributed by atoms with Gasteiger partial charge in [-0.1, -0.05) is 43.3 Å². The fourth-order valence-electron chi connectivity index (χ4n) is 2.52. The van der Waals surface area contributed by atoms with Crippen LogP contribution in [-0.2, 0) is 10.0 Å². The molecule has 4 nitrogen and oxygen atoms in total. The van der Waals surface area contributed by atoms with Crippen molar-refractivity contribution in [1.82, 2.24) is 4.31 Å². The van der Waals surface area contributed by atoms with E-state index in [0.717, 1.165) is 5.56 Å². The molecular weight excluding hydrogens is 326 g/mol. The highest BCUT2D eigenvalue weighted by atomic mass is 32.2. The number of nitrogens with zero attached hydrogens (tertiary/aromatic N) is 1. The number of piperidine rings is 1. The number of hydrogen-bond acceptors (Lipinski definition) is 3. The number of benzene rings is 1. The minimum absolute atomic E-state index is 0.261. The Morgan fingerprint density at radius 3 is 2.39 bits per heavy atom. The van der Waals surface area contributed by atoms with Gasteiger partial charge in [0.05, 0.1) is 11.0 Å². The molecule has 0 amide bonds. The fourth-order valence-corrected chi connectivity index (χ4v) is 4.71. The number of sulfonamides is 1. The van der Waals surface area contributed by atoms with Crippen LogP contribution in [-0.4, -0.2) is 44.6 Å². The Hall–Kier alpha value is -1.13. The molecule has 1 aromatic carbocycles. The number of rotatable bonds is 2. The third-order valence-electron chi connectivity index (χ3n) is 3.78. The van der Waals surface area contributed by atoms with Crippen LogP contribution in [0.4, 0.5) is 0 Å². The van der Waals surface area contributed by atoms with Gasteiger partial charge < -0.3 is 5.11 Å². The van der Waals surface area contributed by atoms with Crippen molar-refractivity contribution in [2.75, 3.05) is 6.54 Å². The minimum Gasteiger partial charge on any atom is -0.390 e. The van der Waals surface area contributed by atoms with Crippen LogP contribution in [0.2, 0.25) is 19.6 Å². The Morgan fingerprint density at radius 1 is 1.22 bits per heavy atom. The van der Waals surface area contributed by atoms with E-state index in [0.29, 0.717) is 19.4 Å². The maximum Gasteiger partial charge on any atom is 0.244 e. The molecule has 23 heavy (non-hydrogen) atoms. The molecule has 1 aliphatic heterocycles. The van der Waals surface area contributed by atoms with Crippen molar-refractivity contribution in [2.24, 2.45) is 0 Å². The van der Waals surface area contributed by atoms with Gasteiger partial charge in [-0.15, -0.1) is 5.54 Å². The number of aryl methyl sites for hydroxylation is 1. The van der Waals surface area contributed by atoms with Gasteiger partial charge in [0, 0.05) is 6.54 Å². The van der Waals surface area contributed by atoms with Crippen molar-refractivity contribution in [3.05, 3.63) is 29.8 Å². The van der Waals surface area contributed by atoms with Gasteiger partial charge in [-0.3, -0.25) is 0 Å². The third kappa shape index (κ3) is 4.45. The van der Waals surface area contributed by atoms with E-state index in [1.807, 2.05) is 6.92 Å². The topological polar surface area (TPSA) is 57.6 Å². The average Bonchev–Trinajstić information content (AvgIpc) is 2.45. The minimum atomic E-state index is -3.64. The van der Waals surface area contributed by atoms with E-state index in [2.05, 4.69) is 31.1 Å². The highest BCUT2D eigenvalue weighted by Crippen LogP contribution is 2.25. The van der Waals surface area contributed by atoms with Gasteiger partial charge in [0.15, 0.2) is 0 Å². The first-order chi connectivity index (χ1) is 10.6. The molecule has 0 aliphatic carbocycles. The molecule has 1 N–H and O–H groups in total. The predicted molar refractivity (Wildman–Crippen MR) is 95.2 cm³/mol. The lowest BCUT2D eigenvalue weighted by Crippen LogP contribution is -2.50. The largest absolute Gasteiger partial charge is 0.390 e. The summed E-state index contributed by atoms with van der Waals surface area (Å²) < 4.78 is 27.2. The van der Waals surface area contributed by atoms with E-state index in [4.69, 9.17) is 0 Å². The van der Waals surface area contributed by atoms with Crippen LogP contribution in [0.5, 0.6) is 0 Å². The van der Waals surface area contributed by atoms with Crippen LogP contribution in [0.25, 0.3) is 0 Å². The van der Waals surface area contributed by atoms with E-state index in [1.54, 1.807) is 24.3 Å². The molecule has 0 radical (unpaired) electrons. The van der Waals surface area contributed by atoms with Crippen molar-refractivity contribution in [3.63, 3.8) is 0 Å². The zero-order chi connectivity index (χ0) is 17.3. The summed E-state index contributed by atoms with van der Waals surface area (Å²) in [4.78, 5) is 0.261. The molecule has 0 spiro atoms. The van der Waals surface area contributed by atoms with Crippen molar-refractivity contribution in [3.8, 4) is 11.5 Å². The first-order valence-corrected chi connectivity index (χ1v) is 12.8. The van der Waals surface area contributed by atoms with Crippen molar-refractivity contribution in [1.29, 1.82) is 0 Å². The Bertz CT molecular complexity index is 711. The van der Waals surface area contributed by atoms with Crippen molar-refractivity contribution in [2.45, 2.75) is 56.4 Å². The molecule has 0 saturated carbocycles. The zero-order valence-electron chi connectivity index (χ0n) is 14.2. The molecule has 2 rings (SSSR count). The number of aliphatic hydroxyl groups is 1. The molecular formula is C17H25NO3SSi. The molecule has 1 aromatic rings. The molecule has 2 atom stereocenters. The van der Waals surface area contributed by atoms with Crippen LogP contribution in [0.15, 0.2) is 29.2 Å². The monoisotopic (exact) mass is 351 g/mol. The summed E-state index contributed by atoms with van der Waals surface area (Å²) in [6.07, 6.45) is 0.510. The lowest BCUT2D eigenvalue weighted by molar-refractivity contribution is 0.0785. The standard InChI is InChI=1S/C17H25NO3SSi/c1-14-7-9-15(10-8-14)22(20,21)18-12-5-6-17(19)16(18)11-13-23(2,3)4/h7-10,16-17,19H,5-6,12H2,1-4H3/t16-,17+/m0/s1. The first-order valence-electron chi connectivity index (χ1n) is 7.90. The summed E-state index contributed by atoms with van der Waals surface area (Å²) in [7, 11) is -5.28. The van der Waals surface area contributed by atoms with Gasteiger partial charge in [0.1, 0.15) is 14.1 Å². The summed E-state index contributed by atoms with van der Waals surface area (Å²) >= 11 is 0. The molecule has 0 unspecified atom stereocenters. The Kier molecular flexibility index (Phi) is 5.36. The summed E-state index contributed by atoms with van der Waals surface area (Å²) in [5.41, 5.74) is 4.22. The molecule has 1 saturated heterocycles. The lowest BCUT2D eigenvalue weighted by atomic mass is 10.0. The molecule has 0 aromatic heterocycles. The average molecular weight is 352 g/mol. The molecule has 1 heterocycles. The van der Waals surface area contributed by atoms with E-state index in [-0.39, 0.29) is 4.90 Å². The second kappa shape index (κ2) is 6.77. The van der Waals surface area contributed by atoms with Crippen LogP contribution >= 0.6 is 0 Å². The summed E-state index contributed by atoms with van der Waals surface area (Å²) in [6.45, 7) is 8.64. The fraction of sp³-hybridized carbons (Fsp3) is 0.529. The predicted octanol–water partition coefficient (Wildman–Crippen LogP) is 2.39. The van der Waals surface area contributed by atoms with Gasteiger partial charge in [-0.2, -0.15) is 4.31 Å². The Morgan fingerprint density at radius 2 is 1.83 bits per heavy atom. The second-order valence-electron chi connectivity index (χ2n) is 7.10. The third-order valence-corrected chi connectivity index (χ3v) is 6.57. The number of hydrogen-bond donors (Lipinski definition) is 1. The van der Waals surface area contributed by atoms with Gasteiger partial charge in [0.2, 0.25) is 10.0 Å². The number of aliphatic hydroxyl groups excluding tert-OH is 1. The SMILES string of the molecule is Cc1ccc(S(=O)(=O)N2CCC[C@@H](O)[C@@H]2C#C[Si](C)(C)C)cc1. The quantitative estimate of drug-likeness (QED) is 0.657. The van der Waals surface area contributed by atoms with E-state index in [1.165, 1.54) is 4.31 Å². The zero-order valence-corrected chi connectivity index (χ0v) is 16.0. The molecule has 6 heteroatoms. The van der Waals surface area contributed by atoms with Gasteiger partial charge in [-0.25, -0.2) is 8.42 Å². The van der Waals surface area contributed by atoms with E-state index >= 15 is 0 Å². The van der Waals surface area contributed by atoms with Crippen LogP contribution in [0.1, 0.15) is 18.4 Å². The van der Waals surface area contributed by atoms with Crippen LogP contribution in [0.3, 0.4) is 0 Å². The molecule has 1 aliphatic rings. The molecule has 1 fully saturated rings. The van der Waals surface area contributed by atoms with E-state index < -0.39 is 30.2 Å². The van der Waals surface area contributed by atoms with Crippen molar-refractivity contribution < 1.29 is 13.5 Å². The van der Waals surface area contributed by atoms with Crippen LogP contribution < -0.4 is 0 Å². The van der Waals surface area contributed by atoms with Gasteiger partial charge in [0.25, 0.3) is 0 Å². The summed E-state index contributed by atoms with van der Waals surface area (Å²) in [5, 5.41) is 10.3. The molecule has 126 valence electrons. The highest BCUT2D eigenvalue weighted by molar-refractivity contribution is 7.89. The Labute approximate surface area is 140 Å². The summed E-state index contributed by atoms with van der Waals surface area (Å²) in [6, 6.07) is 6.16. The maximum absolute atomic E-state index is 12.9. The smallest absolute Gasteiger partial charge is 0.244 e. The van der Waals surface area contributed by atoms with E-state index in [9.17, 15) is 13.5 Å². The normalized spacial score (nSPS) is 23.2. The summed E-state index contributed by atoms with van der Waals surface area (Å²) in [5.74, 6) is 3.06. The van der Waals surface area contributed by atoms with Crippen molar-refractivity contribution >= 4 is 18.1 Å². The first kappa shape index (κ1) is 18.2. The van der Waals surface area contributed by atoms with Crippen LogP contribution in [0, 0.1) is 18.4 Å².